The molecule has 2 aromatic heterocycles. The molecular formula is C25H26F3N5O. The number of amides is 1. The van der Waals surface area contributed by atoms with E-state index in [1.165, 1.54) is 4.90 Å². The number of nitrogens with zero attached hydrogens (tertiary/aromatic N) is 5. The van der Waals surface area contributed by atoms with Crippen molar-refractivity contribution in [2.24, 2.45) is 0 Å². The molecule has 6 nitrogen and oxygen atoms in total. The quantitative estimate of drug-likeness (QED) is 0.543. The van der Waals surface area contributed by atoms with Crippen LogP contribution in [0.25, 0.3) is 11.3 Å². The van der Waals surface area contributed by atoms with Crippen LogP contribution < -0.4 is 4.90 Å². The third kappa shape index (κ3) is 4.60. The minimum atomic E-state index is -4.61. The molecule has 0 unspecified atom stereocenters. The molecule has 0 bridgehead atoms. The summed E-state index contributed by atoms with van der Waals surface area (Å²) >= 11 is 0. The lowest BCUT2D eigenvalue weighted by Gasteiger charge is -2.38. The zero-order valence-corrected chi connectivity index (χ0v) is 19.3. The fourth-order valence-corrected chi connectivity index (χ4v) is 4.40. The maximum atomic E-state index is 13.3. The van der Waals surface area contributed by atoms with Crippen LogP contribution in [0.15, 0.2) is 48.8 Å². The van der Waals surface area contributed by atoms with Crippen LogP contribution in [0.3, 0.4) is 0 Å². The van der Waals surface area contributed by atoms with Gasteiger partial charge in [-0.05, 0) is 43.9 Å². The first kappa shape index (κ1) is 23.7. The summed E-state index contributed by atoms with van der Waals surface area (Å²) in [4.78, 5) is 20.2. The number of hydrogen-bond acceptors (Lipinski definition) is 5. The van der Waals surface area contributed by atoms with E-state index in [1.54, 1.807) is 7.05 Å². The standard InChI is InChI=1S/C25H26F3N5O/c1-16-17(2)23(31-30-22(16)18-7-5-4-6-8-18)33-13-10-19(11-14-33)32(3)24(34)20-15-29-12-9-21(20)25(26,27)28/h4-9,12,15,19H,10-11,13-14H2,1-3H3. The largest absolute Gasteiger partial charge is 0.417 e. The molecule has 34 heavy (non-hydrogen) atoms. The van der Waals surface area contributed by atoms with Gasteiger partial charge in [-0.25, -0.2) is 0 Å². The molecule has 3 aromatic rings. The molecule has 1 fully saturated rings. The van der Waals surface area contributed by atoms with Crippen molar-refractivity contribution < 1.29 is 18.0 Å². The fraction of sp³-hybridized carbons (Fsp3) is 0.360. The highest BCUT2D eigenvalue weighted by molar-refractivity contribution is 5.95. The van der Waals surface area contributed by atoms with Crippen LogP contribution in [-0.4, -0.2) is 52.2 Å². The van der Waals surface area contributed by atoms with Crippen molar-refractivity contribution in [3.8, 4) is 11.3 Å². The Bertz CT molecular complexity index is 1170. The molecular weight excluding hydrogens is 443 g/mol. The number of hydrogen-bond donors (Lipinski definition) is 0. The zero-order valence-electron chi connectivity index (χ0n) is 19.3. The van der Waals surface area contributed by atoms with Gasteiger partial charge in [0.15, 0.2) is 5.82 Å². The second kappa shape index (κ2) is 9.40. The summed E-state index contributed by atoms with van der Waals surface area (Å²) in [7, 11) is 1.56. The molecule has 1 saturated heterocycles. The Balaban J connectivity index is 1.47. The molecule has 0 atom stereocenters. The van der Waals surface area contributed by atoms with Gasteiger partial charge < -0.3 is 9.80 Å². The lowest BCUT2D eigenvalue weighted by molar-refractivity contribution is -0.138. The summed E-state index contributed by atoms with van der Waals surface area (Å²) in [5.41, 5.74) is 2.57. The maximum absolute atomic E-state index is 13.3. The molecule has 0 aliphatic carbocycles. The molecule has 3 heterocycles. The number of halogens is 3. The van der Waals surface area contributed by atoms with Crippen LogP contribution >= 0.6 is 0 Å². The molecule has 9 heteroatoms. The van der Waals surface area contributed by atoms with E-state index in [0.29, 0.717) is 25.9 Å². The Labute approximate surface area is 196 Å². The van der Waals surface area contributed by atoms with Gasteiger partial charge in [0.2, 0.25) is 0 Å². The van der Waals surface area contributed by atoms with E-state index in [0.717, 1.165) is 46.7 Å². The Kier molecular flexibility index (Phi) is 6.54. The number of anilines is 1. The first-order chi connectivity index (χ1) is 16.2. The second-order valence-electron chi connectivity index (χ2n) is 8.54. The van der Waals surface area contributed by atoms with Gasteiger partial charge >= 0.3 is 6.18 Å². The number of aromatic nitrogens is 3. The van der Waals surface area contributed by atoms with E-state index in [4.69, 9.17) is 0 Å². The molecule has 0 N–H and O–H groups in total. The Morgan fingerprint density at radius 1 is 1.03 bits per heavy atom. The molecule has 4 rings (SSSR count). The van der Waals surface area contributed by atoms with E-state index >= 15 is 0 Å². The predicted octanol–water partition coefficient (Wildman–Crippen LogP) is 4.92. The third-order valence-electron chi connectivity index (χ3n) is 6.53. The lowest BCUT2D eigenvalue weighted by atomic mass is 10.00. The summed E-state index contributed by atoms with van der Waals surface area (Å²) in [6, 6.07) is 10.5. The van der Waals surface area contributed by atoms with Crippen molar-refractivity contribution in [2.45, 2.75) is 38.9 Å². The van der Waals surface area contributed by atoms with E-state index in [1.807, 2.05) is 44.2 Å². The van der Waals surface area contributed by atoms with Gasteiger partial charge in [-0.15, -0.1) is 10.2 Å². The first-order valence-electron chi connectivity index (χ1n) is 11.1. The van der Waals surface area contributed by atoms with Crippen molar-refractivity contribution in [1.29, 1.82) is 0 Å². The average molecular weight is 470 g/mol. The minimum Gasteiger partial charge on any atom is -0.355 e. The van der Waals surface area contributed by atoms with Gasteiger partial charge in [0.05, 0.1) is 16.8 Å². The third-order valence-corrected chi connectivity index (χ3v) is 6.53. The normalized spacial score (nSPS) is 14.8. The smallest absolute Gasteiger partial charge is 0.355 e. The molecule has 0 spiro atoms. The number of alkyl halides is 3. The maximum Gasteiger partial charge on any atom is 0.417 e. The van der Waals surface area contributed by atoms with Crippen molar-refractivity contribution in [3.05, 3.63) is 71.0 Å². The van der Waals surface area contributed by atoms with Gasteiger partial charge in [0.25, 0.3) is 5.91 Å². The van der Waals surface area contributed by atoms with Crippen molar-refractivity contribution >= 4 is 11.7 Å². The average Bonchev–Trinajstić information content (AvgIpc) is 2.85. The summed E-state index contributed by atoms with van der Waals surface area (Å²) in [6.07, 6.45) is -1.34. The number of rotatable bonds is 4. The first-order valence-corrected chi connectivity index (χ1v) is 11.1. The molecule has 1 aliphatic heterocycles. The van der Waals surface area contributed by atoms with Crippen LogP contribution in [0.2, 0.25) is 0 Å². The van der Waals surface area contributed by atoms with Crippen molar-refractivity contribution in [2.75, 3.05) is 25.0 Å². The van der Waals surface area contributed by atoms with Crippen LogP contribution in [0, 0.1) is 13.8 Å². The van der Waals surface area contributed by atoms with Gasteiger partial charge in [-0.3, -0.25) is 9.78 Å². The second-order valence-corrected chi connectivity index (χ2v) is 8.54. The number of carbonyl (C=O) groups is 1. The van der Waals surface area contributed by atoms with E-state index in [-0.39, 0.29) is 6.04 Å². The molecule has 1 aliphatic rings. The highest BCUT2D eigenvalue weighted by atomic mass is 19.4. The molecule has 178 valence electrons. The fourth-order valence-electron chi connectivity index (χ4n) is 4.40. The minimum absolute atomic E-state index is 0.178. The number of pyridine rings is 1. The van der Waals surface area contributed by atoms with Gasteiger partial charge in [0, 0.05) is 44.1 Å². The van der Waals surface area contributed by atoms with E-state index in [9.17, 15) is 18.0 Å². The molecule has 1 amide bonds. The van der Waals surface area contributed by atoms with Gasteiger partial charge in [-0.1, -0.05) is 30.3 Å². The van der Waals surface area contributed by atoms with Crippen molar-refractivity contribution in [1.82, 2.24) is 20.1 Å². The molecule has 1 aromatic carbocycles. The van der Waals surface area contributed by atoms with E-state index in [2.05, 4.69) is 20.1 Å². The SMILES string of the molecule is Cc1c(-c2ccccc2)nnc(N2CCC(N(C)C(=O)c3cnccc3C(F)(F)F)CC2)c1C. The topological polar surface area (TPSA) is 62.2 Å². The molecule has 0 saturated carbocycles. The number of benzene rings is 1. The van der Waals surface area contributed by atoms with Crippen LogP contribution in [0.5, 0.6) is 0 Å². The summed E-state index contributed by atoms with van der Waals surface area (Å²) < 4.78 is 40.0. The summed E-state index contributed by atoms with van der Waals surface area (Å²) in [5.74, 6) is 0.133. The lowest BCUT2D eigenvalue weighted by Crippen LogP contribution is -2.46. The summed E-state index contributed by atoms with van der Waals surface area (Å²) in [6.45, 7) is 5.30. The Hall–Kier alpha value is -3.49. The van der Waals surface area contributed by atoms with Gasteiger partial charge in [0.1, 0.15) is 0 Å². The van der Waals surface area contributed by atoms with Crippen LogP contribution in [0.1, 0.15) is 39.9 Å². The number of piperidine rings is 1. The highest BCUT2D eigenvalue weighted by Crippen LogP contribution is 2.33. The van der Waals surface area contributed by atoms with E-state index < -0.39 is 23.2 Å². The Morgan fingerprint density at radius 3 is 2.35 bits per heavy atom. The monoisotopic (exact) mass is 469 g/mol. The van der Waals surface area contributed by atoms with Crippen molar-refractivity contribution in [3.63, 3.8) is 0 Å². The molecule has 0 radical (unpaired) electrons. The zero-order chi connectivity index (χ0) is 24.5. The van der Waals surface area contributed by atoms with Crippen LogP contribution in [-0.2, 0) is 6.18 Å². The Morgan fingerprint density at radius 2 is 1.71 bits per heavy atom. The predicted molar refractivity (Wildman–Crippen MR) is 124 cm³/mol. The highest BCUT2D eigenvalue weighted by Gasteiger charge is 2.37. The van der Waals surface area contributed by atoms with Crippen LogP contribution in [0.4, 0.5) is 19.0 Å². The van der Waals surface area contributed by atoms with Gasteiger partial charge in [-0.2, -0.15) is 13.2 Å². The summed E-state index contributed by atoms with van der Waals surface area (Å²) in [5, 5.41) is 8.96. The number of carbonyl (C=O) groups excluding carboxylic acids is 1.